The molecule has 80 valence electrons. The molecule has 0 radical (unpaired) electrons. The van der Waals surface area contributed by atoms with Crippen molar-refractivity contribution in [2.75, 3.05) is 21.2 Å². The number of likely N-dealkylation sites (N-methyl/N-ethyl adjacent to an activating group) is 1. The van der Waals surface area contributed by atoms with Crippen LogP contribution in [0.4, 0.5) is 0 Å². The lowest BCUT2D eigenvalue weighted by Crippen LogP contribution is -2.18. The molecule has 0 N–H and O–H groups in total. The molecule has 0 aromatic heterocycles. The highest BCUT2D eigenvalue weighted by Crippen LogP contribution is 2.15. The molecule has 0 amide bonds. The highest BCUT2D eigenvalue weighted by atomic mass is 16.5. The molecule has 3 heteroatoms. The summed E-state index contributed by atoms with van der Waals surface area (Å²) in [5.74, 6) is 0.589. The Bertz CT molecular complexity index is 383. The van der Waals surface area contributed by atoms with Crippen LogP contribution in [0.15, 0.2) is 36.5 Å². The van der Waals surface area contributed by atoms with Crippen LogP contribution in [0.25, 0.3) is 0 Å². The van der Waals surface area contributed by atoms with Crippen LogP contribution in [-0.2, 0) is 0 Å². The van der Waals surface area contributed by atoms with Gasteiger partial charge in [0.25, 0.3) is 0 Å². The Hall–Kier alpha value is -1.77. The lowest BCUT2D eigenvalue weighted by atomic mass is 10.1. The molecule has 0 spiro atoms. The van der Waals surface area contributed by atoms with Crippen molar-refractivity contribution in [1.29, 1.82) is 0 Å². The largest absolute Gasteiger partial charge is 0.497 e. The molecule has 1 aromatic rings. The number of rotatable bonds is 4. The molecule has 0 unspecified atom stereocenters. The highest BCUT2D eigenvalue weighted by molar-refractivity contribution is 6.08. The third kappa shape index (κ3) is 2.59. The van der Waals surface area contributed by atoms with E-state index in [1.165, 1.54) is 0 Å². The van der Waals surface area contributed by atoms with E-state index >= 15 is 0 Å². The SMILES string of the molecule is C=C(C(=O)c1cccc(OC)c1)N(C)C. The summed E-state index contributed by atoms with van der Waals surface area (Å²) < 4.78 is 5.05. The van der Waals surface area contributed by atoms with Gasteiger partial charge in [0.15, 0.2) is 0 Å². The van der Waals surface area contributed by atoms with Crippen molar-refractivity contribution < 1.29 is 9.53 Å². The lowest BCUT2D eigenvalue weighted by molar-refractivity contribution is 0.100. The van der Waals surface area contributed by atoms with E-state index in [0.29, 0.717) is 17.0 Å². The Labute approximate surface area is 90.0 Å². The van der Waals surface area contributed by atoms with Gasteiger partial charge in [-0.3, -0.25) is 4.79 Å². The summed E-state index contributed by atoms with van der Waals surface area (Å²) in [6.45, 7) is 3.72. The first-order chi connectivity index (χ1) is 7.06. The van der Waals surface area contributed by atoms with Crippen molar-refractivity contribution in [3.05, 3.63) is 42.1 Å². The summed E-state index contributed by atoms with van der Waals surface area (Å²) in [6, 6.07) is 7.04. The number of ether oxygens (including phenoxy) is 1. The van der Waals surface area contributed by atoms with Crippen LogP contribution in [0, 0.1) is 0 Å². The fourth-order valence-corrected chi connectivity index (χ4v) is 1.13. The molecule has 0 bridgehead atoms. The van der Waals surface area contributed by atoms with Gasteiger partial charge in [-0.25, -0.2) is 0 Å². The van der Waals surface area contributed by atoms with Gasteiger partial charge in [0.05, 0.1) is 12.8 Å². The number of ketones is 1. The van der Waals surface area contributed by atoms with Gasteiger partial charge in [0.1, 0.15) is 5.75 Å². The van der Waals surface area contributed by atoms with Crippen molar-refractivity contribution in [2.45, 2.75) is 0 Å². The molecule has 0 aliphatic rings. The van der Waals surface area contributed by atoms with Crippen LogP contribution in [0.5, 0.6) is 5.75 Å². The summed E-state index contributed by atoms with van der Waals surface area (Å²) in [5.41, 5.74) is 1.05. The molecule has 0 heterocycles. The molecule has 0 atom stereocenters. The second-order valence-corrected chi connectivity index (χ2v) is 3.40. The lowest BCUT2D eigenvalue weighted by Gasteiger charge is -2.14. The normalized spacial score (nSPS) is 9.53. The van der Waals surface area contributed by atoms with Gasteiger partial charge in [-0.2, -0.15) is 0 Å². The number of carbonyl (C=O) groups is 1. The Balaban J connectivity index is 2.96. The minimum absolute atomic E-state index is 0.0844. The quantitative estimate of drug-likeness (QED) is 0.556. The van der Waals surface area contributed by atoms with Crippen molar-refractivity contribution in [3.63, 3.8) is 0 Å². The molecule has 15 heavy (non-hydrogen) atoms. The maximum Gasteiger partial charge on any atom is 0.208 e. The third-order valence-electron chi connectivity index (χ3n) is 2.13. The number of methoxy groups -OCH3 is 1. The topological polar surface area (TPSA) is 29.5 Å². The summed E-state index contributed by atoms with van der Waals surface area (Å²) in [5, 5.41) is 0. The predicted octanol–water partition coefficient (Wildman–Crippen LogP) is 1.95. The van der Waals surface area contributed by atoms with Gasteiger partial charge in [-0.1, -0.05) is 18.7 Å². The summed E-state index contributed by atoms with van der Waals surface area (Å²) in [7, 11) is 5.16. The average molecular weight is 205 g/mol. The first-order valence-electron chi connectivity index (χ1n) is 4.61. The minimum atomic E-state index is -0.0844. The average Bonchev–Trinajstić information content (AvgIpc) is 2.27. The number of benzene rings is 1. The van der Waals surface area contributed by atoms with E-state index in [1.54, 1.807) is 50.4 Å². The molecular weight excluding hydrogens is 190 g/mol. The van der Waals surface area contributed by atoms with Gasteiger partial charge in [0.2, 0.25) is 5.78 Å². The number of hydrogen-bond acceptors (Lipinski definition) is 3. The molecule has 0 aliphatic carbocycles. The van der Waals surface area contributed by atoms with Gasteiger partial charge < -0.3 is 9.64 Å². The van der Waals surface area contributed by atoms with E-state index < -0.39 is 0 Å². The van der Waals surface area contributed by atoms with Gasteiger partial charge in [0, 0.05) is 19.7 Å². The molecule has 0 aliphatic heterocycles. The zero-order chi connectivity index (χ0) is 11.4. The Morgan fingerprint density at radius 2 is 2.07 bits per heavy atom. The molecule has 0 saturated carbocycles. The molecule has 1 rings (SSSR count). The minimum Gasteiger partial charge on any atom is -0.497 e. The Kier molecular flexibility index (Phi) is 3.50. The van der Waals surface area contributed by atoms with Crippen molar-refractivity contribution >= 4 is 5.78 Å². The Morgan fingerprint density at radius 3 is 2.60 bits per heavy atom. The molecular formula is C12H15NO2. The van der Waals surface area contributed by atoms with E-state index in [-0.39, 0.29) is 5.78 Å². The number of hydrogen-bond donors (Lipinski definition) is 0. The molecule has 1 aromatic carbocycles. The number of Topliss-reactive ketones (excluding diaryl/α,β-unsaturated/α-hetero) is 1. The van der Waals surface area contributed by atoms with E-state index in [9.17, 15) is 4.79 Å². The number of carbonyl (C=O) groups excluding carboxylic acids is 1. The number of nitrogens with zero attached hydrogens (tertiary/aromatic N) is 1. The second-order valence-electron chi connectivity index (χ2n) is 3.40. The molecule has 0 fully saturated rings. The van der Waals surface area contributed by atoms with Crippen LogP contribution < -0.4 is 4.74 Å². The van der Waals surface area contributed by atoms with Crippen molar-refractivity contribution in [2.24, 2.45) is 0 Å². The summed E-state index contributed by atoms with van der Waals surface area (Å²) >= 11 is 0. The fourth-order valence-electron chi connectivity index (χ4n) is 1.13. The van der Waals surface area contributed by atoms with Crippen LogP contribution in [0.3, 0.4) is 0 Å². The van der Waals surface area contributed by atoms with E-state index in [1.807, 2.05) is 0 Å². The third-order valence-corrected chi connectivity index (χ3v) is 2.13. The standard InChI is InChI=1S/C12H15NO2/c1-9(13(2)3)12(14)10-6-5-7-11(8-10)15-4/h5-8H,1H2,2-4H3. The summed E-state index contributed by atoms with van der Waals surface area (Å²) in [4.78, 5) is 13.6. The van der Waals surface area contributed by atoms with Crippen LogP contribution in [0.2, 0.25) is 0 Å². The van der Waals surface area contributed by atoms with E-state index in [2.05, 4.69) is 6.58 Å². The number of allylic oxidation sites excluding steroid dienone is 1. The van der Waals surface area contributed by atoms with Crippen LogP contribution >= 0.6 is 0 Å². The Morgan fingerprint density at radius 1 is 1.40 bits per heavy atom. The second kappa shape index (κ2) is 4.64. The zero-order valence-electron chi connectivity index (χ0n) is 9.28. The van der Waals surface area contributed by atoms with Crippen molar-refractivity contribution in [1.82, 2.24) is 4.90 Å². The molecule has 0 saturated heterocycles. The van der Waals surface area contributed by atoms with Gasteiger partial charge >= 0.3 is 0 Å². The maximum absolute atomic E-state index is 11.9. The fraction of sp³-hybridized carbons (Fsp3) is 0.250. The van der Waals surface area contributed by atoms with Crippen LogP contribution in [0.1, 0.15) is 10.4 Å². The summed E-state index contributed by atoms with van der Waals surface area (Å²) in [6.07, 6.45) is 0. The highest BCUT2D eigenvalue weighted by Gasteiger charge is 2.12. The van der Waals surface area contributed by atoms with Gasteiger partial charge in [-0.15, -0.1) is 0 Å². The van der Waals surface area contributed by atoms with Crippen LogP contribution in [-0.4, -0.2) is 31.9 Å². The zero-order valence-corrected chi connectivity index (χ0v) is 9.28. The first-order valence-corrected chi connectivity index (χ1v) is 4.61. The smallest absolute Gasteiger partial charge is 0.208 e. The van der Waals surface area contributed by atoms with E-state index in [0.717, 1.165) is 0 Å². The van der Waals surface area contributed by atoms with Crippen molar-refractivity contribution in [3.8, 4) is 5.75 Å². The molecule has 3 nitrogen and oxygen atoms in total. The monoisotopic (exact) mass is 205 g/mol. The van der Waals surface area contributed by atoms with Gasteiger partial charge in [-0.05, 0) is 12.1 Å². The first kappa shape index (κ1) is 11.3. The maximum atomic E-state index is 11.9. The predicted molar refractivity (Wildman–Crippen MR) is 60.2 cm³/mol. The van der Waals surface area contributed by atoms with E-state index in [4.69, 9.17) is 4.74 Å².